The van der Waals surface area contributed by atoms with Crippen molar-refractivity contribution in [3.63, 3.8) is 0 Å². The summed E-state index contributed by atoms with van der Waals surface area (Å²) in [4.78, 5) is 0. The molecular formula is C20H18FN3O2. The van der Waals surface area contributed by atoms with Crippen LogP contribution in [0.1, 0.15) is 12.5 Å². The third-order valence-electron chi connectivity index (χ3n) is 3.82. The molecule has 3 rings (SSSR count). The van der Waals surface area contributed by atoms with Gasteiger partial charge in [0.05, 0.1) is 17.3 Å². The smallest absolute Gasteiger partial charge is 0.166 e. The van der Waals surface area contributed by atoms with E-state index < -0.39 is 5.82 Å². The van der Waals surface area contributed by atoms with Gasteiger partial charge in [-0.15, -0.1) is 0 Å². The van der Waals surface area contributed by atoms with Gasteiger partial charge in [0.2, 0.25) is 0 Å². The highest BCUT2D eigenvalue weighted by molar-refractivity contribution is 5.61. The molecule has 0 aliphatic rings. The average Bonchev–Trinajstić information content (AvgIpc) is 3.08. The minimum absolute atomic E-state index is 0.101. The van der Waals surface area contributed by atoms with Gasteiger partial charge in [0.1, 0.15) is 18.5 Å². The van der Waals surface area contributed by atoms with Crippen LogP contribution in [0, 0.1) is 17.1 Å². The Morgan fingerprint density at radius 3 is 2.77 bits per heavy atom. The monoisotopic (exact) mass is 351 g/mol. The summed E-state index contributed by atoms with van der Waals surface area (Å²) in [7, 11) is 1.88. The second-order valence-corrected chi connectivity index (χ2v) is 5.86. The fourth-order valence-corrected chi connectivity index (χ4v) is 2.53. The summed E-state index contributed by atoms with van der Waals surface area (Å²) in [6, 6.07) is 15.6. The summed E-state index contributed by atoms with van der Waals surface area (Å²) in [5, 5.41) is 12.9. The van der Waals surface area contributed by atoms with E-state index in [4.69, 9.17) is 14.7 Å². The third-order valence-corrected chi connectivity index (χ3v) is 3.82. The first kappa shape index (κ1) is 17.5. The van der Waals surface area contributed by atoms with Crippen LogP contribution >= 0.6 is 0 Å². The number of rotatable bonds is 6. The summed E-state index contributed by atoms with van der Waals surface area (Å²) in [6.07, 6.45) is 1.38. The number of aryl methyl sites for hydroxylation is 1. The summed E-state index contributed by atoms with van der Waals surface area (Å²) in [5.41, 5.74) is 2.24. The van der Waals surface area contributed by atoms with Gasteiger partial charge in [0.15, 0.2) is 11.6 Å². The number of benzene rings is 2. The quantitative estimate of drug-likeness (QED) is 0.675. The molecule has 6 heteroatoms. The Bertz CT molecular complexity index is 946. The van der Waals surface area contributed by atoms with Gasteiger partial charge in [0.25, 0.3) is 0 Å². The minimum Gasteiger partial charge on any atom is -0.490 e. The van der Waals surface area contributed by atoms with E-state index in [0.717, 1.165) is 17.3 Å². The van der Waals surface area contributed by atoms with Gasteiger partial charge >= 0.3 is 0 Å². The molecular weight excluding hydrogens is 333 g/mol. The van der Waals surface area contributed by atoms with Crippen molar-refractivity contribution < 1.29 is 13.9 Å². The van der Waals surface area contributed by atoms with Crippen molar-refractivity contribution in [3.05, 3.63) is 66.1 Å². The predicted molar refractivity (Wildman–Crippen MR) is 95.3 cm³/mol. The Labute approximate surface area is 151 Å². The van der Waals surface area contributed by atoms with Gasteiger partial charge in [-0.05, 0) is 43.3 Å². The average molecular weight is 351 g/mol. The predicted octanol–water partition coefficient (Wildman–Crippen LogP) is 3.94. The third kappa shape index (κ3) is 4.01. The van der Waals surface area contributed by atoms with Gasteiger partial charge in [-0.25, -0.2) is 4.39 Å². The first-order chi connectivity index (χ1) is 12.6. The van der Waals surface area contributed by atoms with Crippen LogP contribution in [-0.2, 0) is 7.05 Å². The molecule has 1 unspecified atom stereocenters. The molecule has 0 radical (unpaired) electrons. The van der Waals surface area contributed by atoms with E-state index in [2.05, 4.69) is 5.10 Å². The van der Waals surface area contributed by atoms with E-state index in [1.807, 2.05) is 43.4 Å². The van der Waals surface area contributed by atoms with Gasteiger partial charge in [-0.1, -0.05) is 12.1 Å². The first-order valence-corrected chi connectivity index (χ1v) is 8.14. The van der Waals surface area contributed by atoms with Crippen LogP contribution in [0.4, 0.5) is 4.39 Å². The Kier molecular flexibility index (Phi) is 5.18. The van der Waals surface area contributed by atoms with E-state index in [0.29, 0.717) is 5.75 Å². The minimum atomic E-state index is -0.561. The maximum Gasteiger partial charge on any atom is 0.166 e. The van der Waals surface area contributed by atoms with Crippen molar-refractivity contribution in [1.82, 2.24) is 9.78 Å². The molecule has 0 N–H and O–H groups in total. The molecule has 0 aliphatic carbocycles. The maximum atomic E-state index is 13.9. The van der Waals surface area contributed by atoms with Crippen LogP contribution in [0.25, 0.3) is 11.3 Å². The molecule has 26 heavy (non-hydrogen) atoms. The van der Waals surface area contributed by atoms with Crippen LogP contribution in [0.2, 0.25) is 0 Å². The molecule has 0 saturated carbocycles. The normalized spacial score (nSPS) is 11.6. The zero-order valence-corrected chi connectivity index (χ0v) is 14.5. The molecule has 0 saturated heterocycles. The Balaban J connectivity index is 1.62. The number of hydrogen-bond acceptors (Lipinski definition) is 4. The van der Waals surface area contributed by atoms with E-state index in [9.17, 15) is 4.39 Å². The summed E-state index contributed by atoms with van der Waals surface area (Å²) in [5.74, 6) is 0.234. The van der Waals surface area contributed by atoms with Crippen molar-refractivity contribution in [2.45, 2.75) is 13.0 Å². The summed E-state index contributed by atoms with van der Waals surface area (Å²) < 4.78 is 27.0. The van der Waals surface area contributed by atoms with E-state index in [-0.39, 0.29) is 24.0 Å². The molecule has 0 amide bonds. The second-order valence-electron chi connectivity index (χ2n) is 5.86. The van der Waals surface area contributed by atoms with Crippen LogP contribution < -0.4 is 9.47 Å². The topological polar surface area (TPSA) is 60.1 Å². The lowest BCUT2D eigenvalue weighted by atomic mass is 10.1. The molecule has 0 fully saturated rings. The first-order valence-electron chi connectivity index (χ1n) is 8.14. The largest absolute Gasteiger partial charge is 0.490 e. The molecule has 1 heterocycles. The molecule has 2 aromatic carbocycles. The molecule has 132 valence electrons. The maximum absolute atomic E-state index is 13.9. The number of ether oxygens (including phenoxy) is 2. The molecule has 1 atom stereocenters. The highest BCUT2D eigenvalue weighted by Gasteiger charge is 2.11. The number of nitrogens with zero attached hydrogens (tertiary/aromatic N) is 3. The van der Waals surface area contributed by atoms with Crippen LogP contribution in [0.15, 0.2) is 54.7 Å². The SMILES string of the molecule is CC(COc1cccc(-c2ccnn2C)c1)Oc1ccc(C#N)cc1F. The Hall–Kier alpha value is -3.33. The Morgan fingerprint density at radius 2 is 2.08 bits per heavy atom. The fraction of sp³-hybridized carbons (Fsp3) is 0.200. The molecule has 0 aliphatic heterocycles. The number of aromatic nitrogens is 2. The second kappa shape index (κ2) is 7.70. The van der Waals surface area contributed by atoms with Crippen LogP contribution in [0.5, 0.6) is 11.5 Å². The van der Waals surface area contributed by atoms with Crippen molar-refractivity contribution in [2.24, 2.45) is 7.05 Å². The highest BCUT2D eigenvalue weighted by atomic mass is 19.1. The van der Waals surface area contributed by atoms with E-state index in [1.165, 1.54) is 12.1 Å². The van der Waals surface area contributed by atoms with E-state index >= 15 is 0 Å². The molecule has 5 nitrogen and oxygen atoms in total. The lowest BCUT2D eigenvalue weighted by Crippen LogP contribution is -2.21. The number of nitriles is 1. The van der Waals surface area contributed by atoms with Crippen molar-refractivity contribution >= 4 is 0 Å². The van der Waals surface area contributed by atoms with Gasteiger partial charge < -0.3 is 9.47 Å². The summed E-state index contributed by atoms with van der Waals surface area (Å²) in [6.45, 7) is 2.05. The van der Waals surface area contributed by atoms with Crippen molar-refractivity contribution in [2.75, 3.05) is 6.61 Å². The molecule has 3 aromatic rings. The van der Waals surface area contributed by atoms with E-state index in [1.54, 1.807) is 17.8 Å². The lowest BCUT2D eigenvalue weighted by molar-refractivity contribution is 0.138. The molecule has 0 bridgehead atoms. The highest BCUT2D eigenvalue weighted by Crippen LogP contribution is 2.24. The van der Waals surface area contributed by atoms with Crippen molar-refractivity contribution in [3.8, 4) is 28.8 Å². The summed E-state index contributed by atoms with van der Waals surface area (Å²) >= 11 is 0. The van der Waals surface area contributed by atoms with Crippen molar-refractivity contribution in [1.29, 1.82) is 5.26 Å². The van der Waals surface area contributed by atoms with Gasteiger partial charge in [0, 0.05) is 18.8 Å². The molecule has 0 spiro atoms. The standard InChI is InChI=1S/C20H18FN3O2/c1-14(26-20-7-6-15(12-22)10-18(20)21)13-25-17-5-3-4-16(11-17)19-8-9-23-24(19)2/h3-11,14H,13H2,1-2H3. The zero-order valence-electron chi connectivity index (χ0n) is 14.5. The molecule has 1 aromatic heterocycles. The van der Waals surface area contributed by atoms with Crippen LogP contribution in [-0.4, -0.2) is 22.5 Å². The van der Waals surface area contributed by atoms with Crippen LogP contribution in [0.3, 0.4) is 0 Å². The number of halogens is 1. The zero-order chi connectivity index (χ0) is 18.5. The number of hydrogen-bond donors (Lipinski definition) is 0. The van der Waals surface area contributed by atoms with Gasteiger partial charge in [-0.2, -0.15) is 10.4 Å². The lowest BCUT2D eigenvalue weighted by Gasteiger charge is -2.16. The Morgan fingerprint density at radius 1 is 1.23 bits per heavy atom. The van der Waals surface area contributed by atoms with Gasteiger partial charge in [-0.3, -0.25) is 4.68 Å². The fourth-order valence-electron chi connectivity index (χ4n) is 2.53.